The summed E-state index contributed by atoms with van der Waals surface area (Å²) in [5, 5.41) is 7.24. The number of hydrogen-bond acceptors (Lipinski definition) is 4. The molecule has 6 nitrogen and oxygen atoms in total. The molecular formula is C13H20N4O2S. The van der Waals surface area contributed by atoms with Crippen LogP contribution in [0.1, 0.15) is 24.8 Å². The van der Waals surface area contributed by atoms with Gasteiger partial charge in [-0.15, -0.1) is 0 Å². The van der Waals surface area contributed by atoms with Gasteiger partial charge in [0.1, 0.15) is 0 Å². The summed E-state index contributed by atoms with van der Waals surface area (Å²) in [5.41, 5.74) is 6.29. The fourth-order valence-electron chi connectivity index (χ4n) is 2.06. The summed E-state index contributed by atoms with van der Waals surface area (Å²) in [4.78, 5) is 3.91. The van der Waals surface area contributed by atoms with Gasteiger partial charge in [-0.05, 0) is 37.0 Å². The Morgan fingerprint density at radius 1 is 1.40 bits per heavy atom. The Kier molecular flexibility index (Phi) is 4.72. The zero-order chi connectivity index (χ0) is 14.6. The van der Waals surface area contributed by atoms with Gasteiger partial charge in [0.05, 0.1) is 11.6 Å². The van der Waals surface area contributed by atoms with E-state index in [1.807, 2.05) is 12.1 Å². The number of nitrogens with zero attached hydrogens (tertiary/aromatic N) is 2. The van der Waals surface area contributed by atoms with E-state index in [1.165, 1.54) is 4.31 Å². The molecule has 0 saturated heterocycles. The smallest absolute Gasteiger partial charge is 0.214 e. The summed E-state index contributed by atoms with van der Waals surface area (Å²) in [7, 11) is -3.29. The van der Waals surface area contributed by atoms with Crippen LogP contribution in [0.3, 0.4) is 0 Å². The molecule has 20 heavy (non-hydrogen) atoms. The van der Waals surface area contributed by atoms with Gasteiger partial charge in [0.15, 0.2) is 0 Å². The lowest BCUT2D eigenvalue weighted by Gasteiger charge is -2.21. The maximum Gasteiger partial charge on any atom is 0.214 e. The van der Waals surface area contributed by atoms with Crippen LogP contribution in [0.25, 0.3) is 0 Å². The average Bonchev–Trinajstić information content (AvgIpc) is 3.22. The molecule has 0 radical (unpaired) electrons. The maximum atomic E-state index is 12.4. The van der Waals surface area contributed by atoms with Crippen molar-refractivity contribution in [1.29, 1.82) is 5.41 Å². The topological polar surface area (TPSA) is 100 Å². The van der Waals surface area contributed by atoms with E-state index >= 15 is 0 Å². The summed E-state index contributed by atoms with van der Waals surface area (Å²) >= 11 is 0. The Balaban J connectivity index is 1.97. The predicted octanol–water partition coefficient (Wildman–Crippen LogP) is 0.744. The number of aromatic nitrogens is 1. The number of hydrogen-bond donors (Lipinski definition) is 2. The molecule has 7 heteroatoms. The summed E-state index contributed by atoms with van der Waals surface area (Å²) in [6.07, 6.45) is 5.92. The van der Waals surface area contributed by atoms with Crippen LogP contribution in [0, 0.1) is 5.41 Å². The van der Waals surface area contributed by atoms with Gasteiger partial charge in [-0.25, -0.2) is 8.42 Å². The molecule has 0 aromatic carbocycles. The van der Waals surface area contributed by atoms with E-state index in [4.69, 9.17) is 11.1 Å². The molecule has 0 aliphatic heterocycles. The summed E-state index contributed by atoms with van der Waals surface area (Å²) in [5.74, 6) is 0.116. The molecule has 0 atom stereocenters. The second-order valence-corrected chi connectivity index (χ2v) is 7.08. The van der Waals surface area contributed by atoms with Gasteiger partial charge in [0.2, 0.25) is 10.0 Å². The number of nitrogens with two attached hydrogens (primary N) is 1. The number of nitrogens with one attached hydrogen (secondary N) is 1. The Bertz CT molecular complexity index is 555. The van der Waals surface area contributed by atoms with Crippen LogP contribution in [0.2, 0.25) is 0 Å². The first-order chi connectivity index (χ1) is 9.49. The minimum absolute atomic E-state index is 0.0278. The van der Waals surface area contributed by atoms with Gasteiger partial charge in [-0.2, -0.15) is 4.31 Å². The van der Waals surface area contributed by atoms with E-state index in [0.717, 1.165) is 18.4 Å². The van der Waals surface area contributed by atoms with Crippen molar-refractivity contribution in [2.24, 2.45) is 5.73 Å². The fourth-order valence-corrected chi connectivity index (χ4v) is 3.82. The Hall–Kier alpha value is -1.47. The van der Waals surface area contributed by atoms with Crippen molar-refractivity contribution in [1.82, 2.24) is 9.29 Å². The molecule has 1 aliphatic rings. The van der Waals surface area contributed by atoms with Crippen LogP contribution in [-0.4, -0.2) is 41.9 Å². The molecule has 2 rings (SSSR count). The highest BCUT2D eigenvalue weighted by Gasteiger charge is 2.36. The van der Waals surface area contributed by atoms with Crippen LogP contribution in [0.4, 0.5) is 0 Å². The van der Waals surface area contributed by atoms with E-state index < -0.39 is 10.0 Å². The van der Waals surface area contributed by atoms with Gasteiger partial charge in [0, 0.05) is 31.4 Å². The van der Waals surface area contributed by atoms with Crippen molar-refractivity contribution in [3.05, 3.63) is 30.1 Å². The standard InChI is InChI=1S/C13H20N4O2S/c14-13(15)5-9-17(12-1-2-12)20(18,19)10-6-11-3-7-16-8-4-11/h3-4,7-8,12H,1-2,5-6,9-10H2,(H3,14,15). The molecule has 0 bridgehead atoms. The van der Waals surface area contributed by atoms with Crippen molar-refractivity contribution in [3.63, 3.8) is 0 Å². The zero-order valence-corrected chi connectivity index (χ0v) is 12.1. The van der Waals surface area contributed by atoms with Crippen LogP contribution in [-0.2, 0) is 16.4 Å². The third-order valence-corrected chi connectivity index (χ3v) is 5.23. The Labute approximate surface area is 119 Å². The van der Waals surface area contributed by atoms with Gasteiger partial charge in [0.25, 0.3) is 0 Å². The van der Waals surface area contributed by atoms with Gasteiger partial charge in [-0.1, -0.05) is 0 Å². The molecule has 0 unspecified atom stereocenters. The average molecular weight is 296 g/mol. The highest BCUT2D eigenvalue weighted by molar-refractivity contribution is 7.89. The predicted molar refractivity (Wildman–Crippen MR) is 78.0 cm³/mol. The minimum Gasteiger partial charge on any atom is -0.388 e. The van der Waals surface area contributed by atoms with Crippen molar-refractivity contribution in [2.75, 3.05) is 12.3 Å². The minimum atomic E-state index is -3.29. The first-order valence-electron chi connectivity index (χ1n) is 6.70. The number of rotatable bonds is 8. The molecule has 1 heterocycles. The van der Waals surface area contributed by atoms with E-state index in [1.54, 1.807) is 12.4 Å². The largest absolute Gasteiger partial charge is 0.388 e. The number of sulfonamides is 1. The molecule has 1 aliphatic carbocycles. The number of pyridine rings is 1. The molecule has 1 saturated carbocycles. The third-order valence-electron chi connectivity index (χ3n) is 3.31. The number of amidine groups is 1. The van der Waals surface area contributed by atoms with Crippen molar-refractivity contribution in [2.45, 2.75) is 31.7 Å². The Morgan fingerprint density at radius 2 is 2.05 bits per heavy atom. The van der Waals surface area contributed by atoms with E-state index in [-0.39, 0.29) is 17.6 Å². The maximum absolute atomic E-state index is 12.4. The van der Waals surface area contributed by atoms with Crippen LogP contribution >= 0.6 is 0 Å². The van der Waals surface area contributed by atoms with Crippen molar-refractivity contribution < 1.29 is 8.42 Å². The fraction of sp³-hybridized carbons (Fsp3) is 0.538. The summed E-state index contributed by atoms with van der Waals surface area (Å²) in [6.45, 7) is 0.318. The molecule has 1 aromatic rings. The highest BCUT2D eigenvalue weighted by Crippen LogP contribution is 2.29. The van der Waals surface area contributed by atoms with E-state index in [2.05, 4.69) is 4.98 Å². The van der Waals surface area contributed by atoms with Crippen LogP contribution < -0.4 is 5.73 Å². The lowest BCUT2D eigenvalue weighted by Crippen LogP contribution is -2.37. The Morgan fingerprint density at radius 3 is 2.60 bits per heavy atom. The van der Waals surface area contributed by atoms with Crippen LogP contribution in [0.15, 0.2) is 24.5 Å². The zero-order valence-electron chi connectivity index (χ0n) is 11.3. The molecule has 0 amide bonds. The SMILES string of the molecule is N=C(N)CCN(C1CC1)S(=O)(=O)CCc1ccncc1. The lowest BCUT2D eigenvalue weighted by atomic mass is 10.2. The monoisotopic (exact) mass is 296 g/mol. The molecule has 110 valence electrons. The number of aryl methyl sites for hydroxylation is 1. The molecule has 1 aromatic heterocycles. The summed E-state index contributed by atoms with van der Waals surface area (Å²) in [6, 6.07) is 3.76. The highest BCUT2D eigenvalue weighted by atomic mass is 32.2. The first kappa shape index (κ1) is 14.9. The van der Waals surface area contributed by atoms with E-state index in [9.17, 15) is 8.42 Å². The molecule has 1 fully saturated rings. The van der Waals surface area contributed by atoms with Crippen molar-refractivity contribution >= 4 is 15.9 Å². The lowest BCUT2D eigenvalue weighted by molar-refractivity contribution is 0.412. The van der Waals surface area contributed by atoms with Crippen molar-refractivity contribution in [3.8, 4) is 0 Å². The second-order valence-electron chi connectivity index (χ2n) is 5.04. The quantitative estimate of drug-likeness (QED) is 0.546. The molecule has 0 spiro atoms. The molecular weight excluding hydrogens is 276 g/mol. The van der Waals surface area contributed by atoms with Gasteiger partial charge in [-0.3, -0.25) is 10.4 Å². The van der Waals surface area contributed by atoms with Gasteiger partial charge < -0.3 is 5.73 Å². The molecule has 3 N–H and O–H groups in total. The summed E-state index contributed by atoms with van der Waals surface area (Å²) < 4.78 is 26.3. The van der Waals surface area contributed by atoms with Crippen LogP contribution in [0.5, 0.6) is 0 Å². The van der Waals surface area contributed by atoms with E-state index in [0.29, 0.717) is 19.4 Å². The normalized spacial score (nSPS) is 15.4. The third kappa shape index (κ3) is 4.28. The second kappa shape index (κ2) is 6.32. The first-order valence-corrected chi connectivity index (χ1v) is 8.31. The van der Waals surface area contributed by atoms with Gasteiger partial charge >= 0.3 is 0 Å².